The van der Waals surface area contributed by atoms with Gasteiger partial charge < -0.3 is 10.7 Å². The number of carbonyl (C=O) groups excluding carboxylic acids is 1. The lowest BCUT2D eigenvalue weighted by Gasteiger charge is -2.15. The van der Waals surface area contributed by atoms with Crippen molar-refractivity contribution >= 4 is 23.5 Å². The van der Waals surface area contributed by atoms with Crippen molar-refractivity contribution in [1.82, 2.24) is 10.3 Å². The maximum atomic E-state index is 12.2. The van der Waals surface area contributed by atoms with Crippen LogP contribution in [0.5, 0.6) is 0 Å². The monoisotopic (exact) mass is 296 g/mol. The van der Waals surface area contributed by atoms with E-state index in [4.69, 9.17) is 5.84 Å². The highest BCUT2D eigenvalue weighted by molar-refractivity contribution is 7.98. The van der Waals surface area contributed by atoms with Crippen molar-refractivity contribution in [1.29, 1.82) is 0 Å². The van der Waals surface area contributed by atoms with Crippen LogP contribution in [-0.4, -0.2) is 28.9 Å². The minimum atomic E-state index is -0.0839. The maximum Gasteiger partial charge on any atom is 0.251 e. The standard InChI is InChI=1S/C14H24N4OS/c1-9(2)12-7-11(8-13(17-12)18-15)14(19)16-10(3)5-6-20-4/h7-10H,5-6,15H2,1-4H3,(H,16,19)(H,17,18). The van der Waals surface area contributed by atoms with E-state index in [9.17, 15) is 4.79 Å². The second-order valence-corrected chi connectivity index (χ2v) is 6.11. The van der Waals surface area contributed by atoms with Crippen LogP contribution in [0.3, 0.4) is 0 Å². The van der Waals surface area contributed by atoms with E-state index in [1.807, 2.05) is 26.8 Å². The lowest BCUT2D eigenvalue weighted by Crippen LogP contribution is -2.33. The zero-order valence-electron chi connectivity index (χ0n) is 12.6. The summed E-state index contributed by atoms with van der Waals surface area (Å²) in [6, 6.07) is 3.64. The van der Waals surface area contributed by atoms with Crippen molar-refractivity contribution in [2.24, 2.45) is 5.84 Å². The molecule has 112 valence electrons. The van der Waals surface area contributed by atoms with Gasteiger partial charge in [-0.3, -0.25) is 4.79 Å². The third-order valence-electron chi connectivity index (χ3n) is 2.98. The molecule has 0 aliphatic rings. The molecule has 0 aliphatic heterocycles. The highest BCUT2D eigenvalue weighted by atomic mass is 32.2. The van der Waals surface area contributed by atoms with Crippen molar-refractivity contribution in [2.75, 3.05) is 17.4 Å². The van der Waals surface area contributed by atoms with Crippen LogP contribution >= 0.6 is 11.8 Å². The van der Waals surface area contributed by atoms with Gasteiger partial charge in [-0.1, -0.05) is 13.8 Å². The van der Waals surface area contributed by atoms with Crippen LogP contribution in [0.4, 0.5) is 5.82 Å². The van der Waals surface area contributed by atoms with E-state index in [-0.39, 0.29) is 17.9 Å². The molecular formula is C14H24N4OS. The first kappa shape index (κ1) is 16.8. The van der Waals surface area contributed by atoms with E-state index >= 15 is 0 Å². The van der Waals surface area contributed by atoms with E-state index in [0.717, 1.165) is 17.9 Å². The van der Waals surface area contributed by atoms with Crippen LogP contribution in [0.1, 0.15) is 49.2 Å². The molecule has 0 aliphatic carbocycles. The summed E-state index contributed by atoms with van der Waals surface area (Å²) < 4.78 is 0. The minimum absolute atomic E-state index is 0.0839. The average molecular weight is 296 g/mol. The summed E-state index contributed by atoms with van der Waals surface area (Å²) in [5.74, 6) is 7.11. The number of hydrogen-bond donors (Lipinski definition) is 3. The molecule has 1 heterocycles. The molecule has 0 bridgehead atoms. The third-order valence-corrected chi connectivity index (χ3v) is 3.62. The van der Waals surface area contributed by atoms with Crippen molar-refractivity contribution in [2.45, 2.75) is 39.2 Å². The van der Waals surface area contributed by atoms with E-state index in [0.29, 0.717) is 11.4 Å². The van der Waals surface area contributed by atoms with Gasteiger partial charge in [0, 0.05) is 17.3 Å². The molecule has 6 heteroatoms. The smallest absolute Gasteiger partial charge is 0.251 e. The SMILES string of the molecule is CSCCC(C)NC(=O)c1cc(NN)nc(C(C)C)c1. The molecule has 0 aromatic carbocycles. The van der Waals surface area contributed by atoms with Crippen LogP contribution in [0.2, 0.25) is 0 Å². The second-order valence-electron chi connectivity index (χ2n) is 5.12. The van der Waals surface area contributed by atoms with Gasteiger partial charge >= 0.3 is 0 Å². The summed E-state index contributed by atoms with van der Waals surface area (Å²) in [6.45, 7) is 6.08. The van der Waals surface area contributed by atoms with Gasteiger partial charge in [0.1, 0.15) is 5.82 Å². The fourth-order valence-corrected chi connectivity index (χ4v) is 2.32. The first-order valence-corrected chi connectivity index (χ1v) is 8.15. The van der Waals surface area contributed by atoms with Crippen molar-refractivity contribution in [3.8, 4) is 0 Å². The first-order valence-electron chi connectivity index (χ1n) is 6.76. The third kappa shape index (κ3) is 5.02. The number of pyridine rings is 1. The summed E-state index contributed by atoms with van der Waals surface area (Å²) in [5, 5.41) is 3.00. The van der Waals surface area contributed by atoms with Gasteiger partial charge in [0.25, 0.3) is 5.91 Å². The number of nitrogens with one attached hydrogen (secondary N) is 2. The predicted octanol–water partition coefficient (Wildman–Crippen LogP) is 2.36. The van der Waals surface area contributed by atoms with Crippen molar-refractivity contribution < 1.29 is 4.79 Å². The molecular weight excluding hydrogens is 272 g/mol. The molecule has 0 radical (unpaired) electrons. The van der Waals surface area contributed by atoms with E-state index in [2.05, 4.69) is 22.0 Å². The molecule has 0 saturated heterocycles. The molecule has 1 aromatic rings. The van der Waals surface area contributed by atoms with Crippen molar-refractivity contribution in [3.05, 3.63) is 23.4 Å². The second kappa shape index (κ2) is 8.11. The fraction of sp³-hybridized carbons (Fsp3) is 0.571. The van der Waals surface area contributed by atoms with E-state index < -0.39 is 0 Å². The van der Waals surface area contributed by atoms with Crippen LogP contribution in [0, 0.1) is 0 Å². The zero-order valence-corrected chi connectivity index (χ0v) is 13.4. The van der Waals surface area contributed by atoms with Crippen LogP contribution in [-0.2, 0) is 0 Å². The molecule has 4 N–H and O–H groups in total. The highest BCUT2D eigenvalue weighted by Gasteiger charge is 2.13. The number of nitrogens with zero attached hydrogens (tertiary/aromatic N) is 1. The number of hydrazine groups is 1. The Morgan fingerprint density at radius 2 is 2.10 bits per heavy atom. The number of amides is 1. The van der Waals surface area contributed by atoms with Gasteiger partial charge in [-0.15, -0.1) is 0 Å². The molecule has 1 unspecified atom stereocenters. The zero-order chi connectivity index (χ0) is 15.1. The Morgan fingerprint density at radius 1 is 1.40 bits per heavy atom. The summed E-state index contributed by atoms with van der Waals surface area (Å²) in [6.07, 6.45) is 3.02. The Morgan fingerprint density at radius 3 is 2.65 bits per heavy atom. The Hall–Kier alpha value is -1.27. The average Bonchev–Trinajstić information content (AvgIpc) is 2.44. The molecule has 0 saturated carbocycles. The number of carbonyl (C=O) groups is 1. The predicted molar refractivity (Wildman–Crippen MR) is 86.1 cm³/mol. The molecule has 1 atom stereocenters. The number of aromatic nitrogens is 1. The van der Waals surface area contributed by atoms with Crippen molar-refractivity contribution in [3.63, 3.8) is 0 Å². The van der Waals surface area contributed by atoms with E-state index in [1.54, 1.807) is 17.8 Å². The minimum Gasteiger partial charge on any atom is -0.350 e. The van der Waals surface area contributed by atoms with Crippen LogP contribution < -0.4 is 16.6 Å². The molecule has 0 spiro atoms. The number of nitrogens with two attached hydrogens (primary N) is 1. The normalized spacial score (nSPS) is 12.3. The lowest BCUT2D eigenvalue weighted by molar-refractivity contribution is 0.0939. The van der Waals surface area contributed by atoms with Gasteiger partial charge in [-0.2, -0.15) is 11.8 Å². The summed E-state index contributed by atoms with van der Waals surface area (Å²) in [4.78, 5) is 16.6. The fourth-order valence-electron chi connectivity index (χ4n) is 1.73. The number of anilines is 1. The number of thioether (sulfide) groups is 1. The van der Waals surface area contributed by atoms with Gasteiger partial charge in [0.05, 0.1) is 0 Å². The highest BCUT2D eigenvalue weighted by Crippen LogP contribution is 2.17. The number of hydrogen-bond acceptors (Lipinski definition) is 5. The largest absolute Gasteiger partial charge is 0.350 e. The van der Waals surface area contributed by atoms with Gasteiger partial charge in [-0.05, 0) is 43.4 Å². The molecule has 0 fully saturated rings. The first-order chi connectivity index (χ1) is 9.47. The van der Waals surface area contributed by atoms with Gasteiger partial charge in [-0.25, -0.2) is 10.8 Å². The molecule has 1 amide bonds. The molecule has 20 heavy (non-hydrogen) atoms. The number of nitrogen functional groups attached to an aromatic ring is 1. The Kier molecular flexibility index (Phi) is 6.81. The topological polar surface area (TPSA) is 80.0 Å². The Bertz CT molecular complexity index is 451. The lowest BCUT2D eigenvalue weighted by atomic mass is 10.1. The maximum absolute atomic E-state index is 12.2. The van der Waals surface area contributed by atoms with Gasteiger partial charge in [0.15, 0.2) is 0 Å². The Labute approximate surface area is 125 Å². The Balaban J connectivity index is 2.83. The number of rotatable bonds is 7. The van der Waals surface area contributed by atoms with Gasteiger partial charge in [0.2, 0.25) is 0 Å². The summed E-state index contributed by atoms with van der Waals surface area (Å²) >= 11 is 1.78. The van der Waals surface area contributed by atoms with E-state index in [1.165, 1.54) is 0 Å². The summed E-state index contributed by atoms with van der Waals surface area (Å²) in [7, 11) is 0. The van der Waals surface area contributed by atoms with Crippen LogP contribution in [0.15, 0.2) is 12.1 Å². The molecule has 1 aromatic heterocycles. The molecule has 5 nitrogen and oxygen atoms in total. The quantitative estimate of drug-likeness (QED) is 0.532. The summed E-state index contributed by atoms with van der Waals surface area (Å²) in [5.41, 5.74) is 3.95. The van der Waals surface area contributed by atoms with Crippen LogP contribution in [0.25, 0.3) is 0 Å². The molecule has 1 rings (SSSR count).